The maximum absolute atomic E-state index is 13.1. The lowest BCUT2D eigenvalue weighted by molar-refractivity contribution is -0.121. The summed E-state index contributed by atoms with van der Waals surface area (Å²) in [4.78, 5) is 12.5. The molecule has 0 saturated carbocycles. The fraction of sp³-hybridized carbons (Fsp3) is 0.350. The summed E-state index contributed by atoms with van der Waals surface area (Å²) in [6.07, 6.45) is 0.536. The predicted molar refractivity (Wildman–Crippen MR) is 111 cm³/mol. The molecule has 0 atom stereocenters. The first-order valence-corrected chi connectivity index (χ1v) is 11.1. The molecule has 1 amide bonds. The smallest absolute Gasteiger partial charge is 0.243 e. The summed E-state index contributed by atoms with van der Waals surface area (Å²) in [7, 11) is -3.77. The van der Waals surface area contributed by atoms with Crippen molar-refractivity contribution in [3.8, 4) is 0 Å². The lowest BCUT2D eigenvalue weighted by Gasteiger charge is -2.22. The van der Waals surface area contributed by atoms with Crippen molar-refractivity contribution in [2.75, 3.05) is 19.6 Å². The standard InChI is InChI=1S/C20H25BrN2O3S/c1-16(2)14-22-20(24)15-23(13-12-17-6-4-3-5-7-17)27(25,26)19-10-8-18(21)9-11-19/h3-11,16H,12-15H2,1-2H3,(H,22,24). The van der Waals surface area contributed by atoms with E-state index in [1.54, 1.807) is 24.3 Å². The first kappa shape index (κ1) is 21.6. The van der Waals surface area contributed by atoms with E-state index in [9.17, 15) is 13.2 Å². The van der Waals surface area contributed by atoms with Crippen LogP contribution in [0.5, 0.6) is 0 Å². The molecule has 0 aromatic heterocycles. The minimum atomic E-state index is -3.77. The summed E-state index contributed by atoms with van der Waals surface area (Å²) in [6, 6.07) is 16.1. The van der Waals surface area contributed by atoms with Crippen molar-refractivity contribution < 1.29 is 13.2 Å². The van der Waals surface area contributed by atoms with Crippen LogP contribution in [0.2, 0.25) is 0 Å². The van der Waals surface area contributed by atoms with Gasteiger partial charge in [0.15, 0.2) is 0 Å². The highest BCUT2D eigenvalue weighted by Crippen LogP contribution is 2.19. The Kier molecular flexibility index (Phi) is 8.01. The molecule has 2 rings (SSSR count). The normalized spacial score (nSPS) is 11.7. The van der Waals surface area contributed by atoms with Crippen LogP contribution >= 0.6 is 15.9 Å². The van der Waals surface area contributed by atoms with Gasteiger partial charge in [0.2, 0.25) is 15.9 Å². The molecule has 0 spiro atoms. The summed E-state index contributed by atoms with van der Waals surface area (Å²) in [5, 5.41) is 2.79. The topological polar surface area (TPSA) is 66.5 Å². The highest BCUT2D eigenvalue weighted by Gasteiger charge is 2.26. The number of nitrogens with zero attached hydrogens (tertiary/aromatic N) is 1. The van der Waals surface area contributed by atoms with Gasteiger partial charge in [-0.05, 0) is 42.2 Å². The molecular weight excluding hydrogens is 428 g/mol. The van der Waals surface area contributed by atoms with E-state index in [1.165, 1.54) is 4.31 Å². The van der Waals surface area contributed by atoms with E-state index in [0.717, 1.165) is 10.0 Å². The van der Waals surface area contributed by atoms with Gasteiger partial charge in [0.25, 0.3) is 0 Å². The zero-order valence-corrected chi connectivity index (χ0v) is 18.0. The quantitative estimate of drug-likeness (QED) is 0.633. The lowest BCUT2D eigenvalue weighted by atomic mass is 10.1. The Morgan fingerprint density at radius 1 is 1.07 bits per heavy atom. The van der Waals surface area contributed by atoms with Crippen LogP contribution in [0.25, 0.3) is 0 Å². The molecule has 0 aliphatic rings. The van der Waals surface area contributed by atoms with Gasteiger partial charge in [0.1, 0.15) is 0 Å². The first-order chi connectivity index (χ1) is 12.8. The average molecular weight is 453 g/mol. The van der Waals surface area contributed by atoms with Gasteiger partial charge < -0.3 is 5.32 Å². The number of carbonyl (C=O) groups is 1. The molecule has 0 aliphatic heterocycles. The van der Waals surface area contributed by atoms with Gasteiger partial charge in [-0.3, -0.25) is 4.79 Å². The van der Waals surface area contributed by atoms with E-state index < -0.39 is 10.0 Å². The van der Waals surface area contributed by atoms with Crippen molar-refractivity contribution in [3.63, 3.8) is 0 Å². The monoisotopic (exact) mass is 452 g/mol. The molecule has 0 fully saturated rings. The SMILES string of the molecule is CC(C)CNC(=O)CN(CCc1ccccc1)S(=O)(=O)c1ccc(Br)cc1. The van der Waals surface area contributed by atoms with Crippen LogP contribution in [-0.4, -0.2) is 38.3 Å². The Hall–Kier alpha value is -1.70. The molecule has 0 saturated heterocycles. The molecule has 0 unspecified atom stereocenters. The van der Waals surface area contributed by atoms with Crippen LogP contribution in [0.4, 0.5) is 0 Å². The molecule has 0 heterocycles. The van der Waals surface area contributed by atoms with Crippen molar-refractivity contribution in [2.45, 2.75) is 25.2 Å². The van der Waals surface area contributed by atoms with Crippen molar-refractivity contribution in [1.29, 1.82) is 0 Å². The van der Waals surface area contributed by atoms with Crippen molar-refractivity contribution >= 4 is 31.9 Å². The van der Waals surface area contributed by atoms with Crippen LogP contribution in [0.15, 0.2) is 64.0 Å². The van der Waals surface area contributed by atoms with Gasteiger partial charge in [0.05, 0.1) is 11.4 Å². The van der Waals surface area contributed by atoms with Gasteiger partial charge in [-0.1, -0.05) is 60.1 Å². The number of sulfonamides is 1. The van der Waals surface area contributed by atoms with Crippen LogP contribution in [0.1, 0.15) is 19.4 Å². The van der Waals surface area contributed by atoms with E-state index >= 15 is 0 Å². The van der Waals surface area contributed by atoms with Crippen molar-refractivity contribution in [3.05, 3.63) is 64.6 Å². The molecule has 27 heavy (non-hydrogen) atoms. The Balaban J connectivity index is 2.19. The zero-order chi connectivity index (χ0) is 19.9. The van der Waals surface area contributed by atoms with E-state index in [1.807, 2.05) is 44.2 Å². The third-order valence-electron chi connectivity index (χ3n) is 3.97. The van der Waals surface area contributed by atoms with Crippen LogP contribution in [0.3, 0.4) is 0 Å². The summed E-state index contributed by atoms with van der Waals surface area (Å²) in [5.41, 5.74) is 1.02. The molecular formula is C20H25BrN2O3S. The second-order valence-electron chi connectivity index (χ2n) is 6.73. The number of carbonyl (C=O) groups excluding carboxylic acids is 1. The predicted octanol–water partition coefficient (Wildman–Crippen LogP) is 3.45. The Morgan fingerprint density at radius 3 is 2.30 bits per heavy atom. The van der Waals surface area contributed by atoms with Gasteiger partial charge in [-0.2, -0.15) is 4.31 Å². The van der Waals surface area contributed by atoms with E-state index in [4.69, 9.17) is 0 Å². The third-order valence-corrected chi connectivity index (χ3v) is 6.36. The lowest BCUT2D eigenvalue weighted by Crippen LogP contribution is -2.42. The van der Waals surface area contributed by atoms with Crippen LogP contribution in [-0.2, 0) is 21.2 Å². The van der Waals surface area contributed by atoms with Crippen molar-refractivity contribution in [1.82, 2.24) is 9.62 Å². The molecule has 7 heteroatoms. The van der Waals surface area contributed by atoms with Gasteiger partial charge in [0, 0.05) is 17.6 Å². The Labute approximate surface area is 170 Å². The molecule has 2 aromatic carbocycles. The van der Waals surface area contributed by atoms with E-state index in [0.29, 0.717) is 18.9 Å². The zero-order valence-electron chi connectivity index (χ0n) is 15.6. The van der Waals surface area contributed by atoms with Crippen molar-refractivity contribution in [2.24, 2.45) is 5.92 Å². The number of amides is 1. The van der Waals surface area contributed by atoms with Crippen LogP contribution in [0, 0.1) is 5.92 Å². The maximum Gasteiger partial charge on any atom is 0.243 e. The second-order valence-corrected chi connectivity index (χ2v) is 9.58. The largest absolute Gasteiger partial charge is 0.355 e. The molecule has 0 aliphatic carbocycles. The fourth-order valence-electron chi connectivity index (χ4n) is 2.47. The van der Waals surface area contributed by atoms with E-state index in [2.05, 4.69) is 21.2 Å². The Morgan fingerprint density at radius 2 is 1.70 bits per heavy atom. The molecule has 5 nitrogen and oxygen atoms in total. The summed E-state index contributed by atoms with van der Waals surface area (Å²) >= 11 is 3.31. The molecule has 0 radical (unpaired) electrons. The van der Waals surface area contributed by atoms with Crippen LogP contribution < -0.4 is 5.32 Å². The third kappa shape index (κ3) is 6.75. The minimum Gasteiger partial charge on any atom is -0.355 e. The first-order valence-electron chi connectivity index (χ1n) is 8.85. The second kappa shape index (κ2) is 10.0. The minimum absolute atomic E-state index is 0.176. The molecule has 2 aromatic rings. The number of nitrogens with one attached hydrogen (secondary N) is 1. The number of benzene rings is 2. The number of hydrogen-bond donors (Lipinski definition) is 1. The van der Waals surface area contributed by atoms with Gasteiger partial charge in [-0.25, -0.2) is 8.42 Å². The maximum atomic E-state index is 13.1. The summed E-state index contributed by atoms with van der Waals surface area (Å²) < 4.78 is 28.2. The fourth-order valence-corrected chi connectivity index (χ4v) is 4.13. The average Bonchev–Trinajstić information content (AvgIpc) is 2.64. The summed E-state index contributed by atoms with van der Waals surface area (Å²) in [6.45, 7) is 4.54. The molecule has 0 bridgehead atoms. The Bertz CT molecular complexity index is 837. The van der Waals surface area contributed by atoms with E-state index in [-0.39, 0.29) is 23.9 Å². The number of rotatable bonds is 9. The number of halogens is 1. The van der Waals surface area contributed by atoms with Gasteiger partial charge >= 0.3 is 0 Å². The highest BCUT2D eigenvalue weighted by molar-refractivity contribution is 9.10. The summed E-state index contributed by atoms with van der Waals surface area (Å²) in [5.74, 6) is 0.00671. The number of hydrogen-bond acceptors (Lipinski definition) is 3. The van der Waals surface area contributed by atoms with Gasteiger partial charge in [-0.15, -0.1) is 0 Å². The highest BCUT2D eigenvalue weighted by atomic mass is 79.9. The molecule has 146 valence electrons. The molecule has 1 N–H and O–H groups in total.